The number of hydrogen-bond acceptors (Lipinski definition) is 5. The first-order valence-corrected chi connectivity index (χ1v) is 5.57. The van der Waals surface area contributed by atoms with E-state index in [1.54, 1.807) is 25.1 Å². The Bertz CT molecular complexity index is 407. The van der Waals surface area contributed by atoms with Crippen LogP contribution in [0.2, 0.25) is 0 Å². The first kappa shape index (κ1) is 14.2. The molecule has 6 nitrogen and oxygen atoms in total. The van der Waals surface area contributed by atoms with Crippen LogP contribution in [-0.2, 0) is 4.74 Å². The van der Waals surface area contributed by atoms with Crippen molar-refractivity contribution in [2.24, 2.45) is 0 Å². The highest BCUT2D eigenvalue weighted by Crippen LogP contribution is 2.31. The van der Waals surface area contributed by atoms with Crippen molar-refractivity contribution in [2.45, 2.75) is 13.0 Å². The van der Waals surface area contributed by atoms with E-state index in [1.165, 1.54) is 14.2 Å². The average molecular weight is 255 g/mol. The molecular weight excluding hydrogens is 238 g/mol. The van der Waals surface area contributed by atoms with Crippen LogP contribution in [0.15, 0.2) is 18.2 Å². The Morgan fingerprint density at radius 2 is 1.94 bits per heavy atom. The molecule has 100 valence electrons. The lowest BCUT2D eigenvalue weighted by molar-refractivity contribution is -0.492. The van der Waals surface area contributed by atoms with Crippen LogP contribution in [-0.4, -0.2) is 32.3 Å². The first-order chi connectivity index (χ1) is 8.62. The zero-order valence-corrected chi connectivity index (χ0v) is 10.7. The molecule has 0 N–H and O–H groups in total. The van der Waals surface area contributed by atoms with E-state index in [0.29, 0.717) is 23.7 Å². The topological polar surface area (TPSA) is 70.8 Å². The van der Waals surface area contributed by atoms with E-state index in [2.05, 4.69) is 0 Å². The van der Waals surface area contributed by atoms with Gasteiger partial charge in [-0.2, -0.15) is 0 Å². The number of ether oxygens (including phenoxy) is 3. The zero-order valence-electron chi connectivity index (χ0n) is 10.7. The van der Waals surface area contributed by atoms with Crippen LogP contribution in [0.1, 0.15) is 18.6 Å². The van der Waals surface area contributed by atoms with Crippen molar-refractivity contribution in [1.29, 1.82) is 0 Å². The van der Waals surface area contributed by atoms with E-state index >= 15 is 0 Å². The molecule has 1 rings (SSSR count). The maximum atomic E-state index is 10.6. The third kappa shape index (κ3) is 3.59. The molecule has 1 aromatic carbocycles. The van der Waals surface area contributed by atoms with Gasteiger partial charge in [-0.15, -0.1) is 0 Å². The van der Waals surface area contributed by atoms with Crippen molar-refractivity contribution < 1.29 is 19.1 Å². The monoisotopic (exact) mass is 255 g/mol. The van der Waals surface area contributed by atoms with Gasteiger partial charge in [-0.25, -0.2) is 0 Å². The summed E-state index contributed by atoms with van der Waals surface area (Å²) in [4.78, 5) is 10.2. The zero-order chi connectivity index (χ0) is 13.5. The van der Waals surface area contributed by atoms with E-state index in [4.69, 9.17) is 14.2 Å². The van der Waals surface area contributed by atoms with Crippen molar-refractivity contribution in [3.8, 4) is 11.5 Å². The lowest BCUT2D eigenvalue weighted by Crippen LogP contribution is -2.15. The molecular formula is C12H17NO5. The Morgan fingerprint density at radius 1 is 1.28 bits per heavy atom. The van der Waals surface area contributed by atoms with E-state index in [-0.39, 0.29) is 6.54 Å². The van der Waals surface area contributed by atoms with Crippen molar-refractivity contribution in [1.82, 2.24) is 0 Å². The molecule has 0 aliphatic rings. The van der Waals surface area contributed by atoms with Gasteiger partial charge >= 0.3 is 0 Å². The molecule has 6 heteroatoms. The Morgan fingerprint density at radius 3 is 2.44 bits per heavy atom. The van der Waals surface area contributed by atoms with Crippen LogP contribution in [0.5, 0.6) is 11.5 Å². The number of rotatable bonds is 7. The molecule has 0 fully saturated rings. The van der Waals surface area contributed by atoms with E-state index in [0.717, 1.165) is 0 Å². The summed E-state index contributed by atoms with van der Waals surface area (Å²) >= 11 is 0. The number of nitro groups is 1. The van der Waals surface area contributed by atoms with Crippen LogP contribution in [0.3, 0.4) is 0 Å². The highest BCUT2D eigenvalue weighted by Gasteiger charge is 2.19. The average Bonchev–Trinajstić information content (AvgIpc) is 2.37. The molecule has 0 saturated carbocycles. The fourth-order valence-corrected chi connectivity index (χ4v) is 1.64. The molecule has 0 spiro atoms. The largest absolute Gasteiger partial charge is 0.493 e. The molecule has 0 aliphatic heterocycles. The van der Waals surface area contributed by atoms with Crippen LogP contribution >= 0.6 is 0 Å². The Hall–Kier alpha value is -1.82. The van der Waals surface area contributed by atoms with Gasteiger partial charge in [0, 0.05) is 11.5 Å². The SMILES string of the molecule is CCO[C@H](C[N+](=O)[O-])c1ccc(OC)c(OC)c1. The third-order valence-corrected chi connectivity index (χ3v) is 2.46. The number of hydrogen-bond donors (Lipinski definition) is 0. The highest BCUT2D eigenvalue weighted by molar-refractivity contribution is 5.43. The predicted molar refractivity (Wildman–Crippen MR) is 65.8 cm³/mol. The van der Waals surface area contributed by atoms with E-state index in [1.807, 2.05) is 0 Å². The first-order valence-electron chi connectivity index (χ1n) is 5.57. The molecule has 0 bridgehead atoms. The van der Waals surface area contributed by atoms with Gasteiger partial charge in [-0.1, -0.05) is 6.07 Å². The van der Waals surface area contributed by atoms with Crippen molar-refractivity contribution in [2.75, 3.05) is 27.4 Å². The second kappa shape index (κ2) is 6.80. The van der Waals surface area contributed by atoms with Crippen molar-refractivity contribution in [3.63, 3.8) is 0 Å². The van der Waals surface area contributed by atoms with Gasteiger partial charge in [0.1, 0.15) is 6.10 Å². The minimum absolute atomic E-state index is 0.274. The molecule has 0 heterocycles. The Labute approximate surface area is 106 Å². The molecule has 18 heavy (non-hydrogen) atoms. The quantitative estimate of drug-likeness (QED) is 0.551. The molecule has 0 unspecified atom stereocenters. The van der Waals surface area contributed by atoms with Gasteiger partial charge in [-0.3, -0.25) is 10.1 Å². The minimum atomic E-state index is -0.579. The van der Waals surface area contributed by atoms with Crippen LogP contribution in [0, 0.1) is 10.1 Å². The maximum Gasteiger partial charge on any atom is 0.233 e. The number of benzene rings is 1. The smallest absolute Gasteiger partial charge is 0.233 e. The Balaban J connectivity index is 3.00. The second-order valence-corrected chi connectivity index (χ2v) is 3.57. The lowest BCUT2D eigenvalue weighted by atomic mass is 10.1. The molecule has 0 saturated heterocycles. The predicted octanol–water partition coefficient (Wildman–Crippen LogP) is 2.06. The van der Waals surface area contributed by atoms with Gasteiger partial charge in [0.05, 0.1) is 14.2 Å². The summed E-state index contributed by atoms with van der Waals surface area (Å²) < 4.78 is 15.6. The fraction of sp³-hybridized carbons (Fsp3) is 0.500. The Kier molecular flexibility index (Phi) is 5.38. The third-order valence-electron chi connectivity index (χ3n) is 2.46. The van der Waals surface area contributed by atoms with Crippen molar-refractivity contribution in [3.05, 3.63) is 33.9 Å². The molecule has 1 aromatic rings. The lowest BCUT2D eigenvalue weighted by Gasteiger charge is -2.15. The molecule has 1 atom stereocenters. The molecule has 0 aromatic heterocycles. The van der Waals surface area contributed by atoms with Crippen molar-refractivity contribution >= 4 is 0 Å². The number of nitrogens with zero attached hydrogens (tertiary/aromatic N) is 1. The second-order valence-electron chi connectivity index (χ2n) is 3.57. The molecule has 0 amide bonds. The maximum absolute atomic E-state index is 10.6. The van der Waals surface area contributed by atoms with Crippen LogP contribution in [0.25, 0.3) is 0 Å². The summed E-state index contributed by atoms with van der Waals surface area (Å²) in [5, 5.41) is 10.6. The van der Waals surface area contributed by atoms with Crippen LogP contribution in [0.4, 0.5) is 0 Å². The van der Waals surface area contributed by atoms with Crippen LogP contribution < -0.4 is 9.47 Å². The summed E-state index contributed by atoms with van der Waals surface area (Å²) in [5.74, 6) is 1.11. The summed E-state index contributed by atoms with van der Waals surface area (Å²) in [6.45, 7) is 1.93. The summed E-state index contributed by atoms with van der Waals surface area (Å²) in [6.07, 6.45) is -0.579. The molecule has 0 aliphatic carbocycles. The summed E-state index contributed by atoms with van der Waals surface area (Å²) in [6, 6.07) is 5.15. The summed E-state index contributed by atoms with van der Waals surface area (Å²) in [5.41, 5.74) is 0.700. The van der Waals surface area contributed by atoms with Gasteiger partial charge in [0.2, 0.25) is 6.54 Å². The standard InChI is InChI=1S/C12H17NO5/c1-4-18-12(8-13(14)15)9-5-6-10(16-2)11(7-9)17-3/h5-7,12H,4,8H2,1-3H3/t12-/m1/s1. The van der Waals surface area contributed by atoms with Gasteiger partial charge in [-0.05, 0) is 24.6 Å². The van der Waals surface area contributed by atoms with E-state index < -0.39 is 11.0 Å². The normalized spacial score (nSPS) is 11.9. The van der Waals surface area contributed by atoms with Gasteiger partial charge < -0.3 is 14.2 Å². The van der Waals surface area contributed by atoms with Gasteiger partial charge in [0.15, 0.2) is 11.5 Å². The summed E-state index contributed by atoms with van der Waals surface area (Å²) in [7, 11) is 3.05. The van der Waals surface area contributed by atoms with Gasteiger partial charge in [0.25, 0.3) is 0 Å². The highest BCUT2D eigenvalue weighted by atomic mass is 16.6. The minimum Gasteiger partial charge on any atom is -0.493 e. The fourth-order valence-electron chi connectivity index (χ4n) is 1.64. The number of methoxy groups -OCH3 is 2. The van der Waals surface area contributed by atoms with E-state index in [9.17, 15) is 10.1 Å². The molecule has 0 radical (unpaired) electrons.